The predicted octanol–water partition coefficient (Wildman–Crippen LogP) is 3.47. The van der Waals surface area contributed by atoms with Crippen molar-refractivity contribution in [3.05, 3.63) is 53.6 Å². The smallest absolute Gasteiger partial charge is 0.212 e. The maximum Gasteiger partial charge on any atom is 0.212 e. The van der Waals surface area contributed by atoms with Crippen LogP contribution in [0.2, 0.25) is 0 Å². The van der Waals surface area contributed by atoms with Crippen molar-refractivity contribution in [2.45, 2.75) is 6.92 Å². The van der Waals surface area contributed by atoms with E-state index in [0.717, 1.165) is 12.3 Å². The van der Waals surface area contributed by atoms with Gasteiger partial charge in [0, 0.05) is 11.8 Å². The third-order valence-electron chi connectivity index (χ3n) is 2.20. The molecule has 0 saturated carbocycles. The molecule has 0 amide bonds. The second-order valence-corrected chi connectivity index (χ2v) is 3.47. The highest BCUT2D eigenvalue weighted by molar-refractivity contribution is 5.64. The molecule has 0 unspecified atom stereocenters. The number of halogens is 3. The Morgan fingerprint density at radius 1 is 1.00 bits per heavy atom. The molecular weight excluding hydrogens is 215 g/mol. The number of aryl methyl sites for hydroxylation is 1. The molecule has 0 atom stereocenters. The summed E-state index contributed by atoms with van der Waals surface area (Å²) in [5, 5.41) is 0. The Hall–Kier alpha value is -1.84. The molecule has 0 radical (unpaired) electrons. The van der Waals surface area contributed by atoms with E-state index < -0.39 is 17.6 Å². The Bertz CT molecular complexity index is 497. The van der Waals surface area contributed by atoms with Gasteiger partial charge in [-0.2, -0.15) is 4.39 Å². The first-order valence-corrected chi connectivity index (χ1v) is 4.65. The first-order valence-electron chi connectivity index (χ1n) is 4.65. The van der Waals surface area contributed by atoms with Gasteiger partial charge in [0.25, 0.3) is 0 Å². The Kier molecular flexibility index (Phi) is 2.64. The van der Waals surface area contributed by atoms with E-state index in [1.54, 1.807) is 6.92 Å². The molecule has 0 aliphatic rings. The zero-order valence-corrected chi connectivity index (χ0v) is 8.47. The van der Waals surface area contributed by atoms with Crippen LogP contribution in [0.25, 0.3) is 11.1 Å². The zero-order chi connectivity index (χ0) is 11.7. The Labute approximate surface area is 90.6 Å². The van der Waals surface area contributed by atoms with E-state index in [2.05, 4.69) is 4.98 Å². The van der Waals surface area contributed by atoms with Gasteiger partial charge >= 0.3 is 0 Å². The highest BCUT2D eigenvalue weighted by Gasteiger charge is 2.12. The summed E-state index contributed by atoms with van der Waals surface area (Å²) in [5.74, 6) is -2.03. The van der Waals surface area contributed by atoms with Gasteiger partial charge in [0.1, 0.15) is 11.6 Å². The summed E-state index contributed by atoms with van der Waals surface area (Å²) in [5.41, 5.74) is 0.531. The molecule has 0 fully saturated rings. The van der Waals surface area contributed by atoms with Crippen LogP contribution in [0.1, 0.15) is 5.56 Å². The molecular formula is C12H8F3N. The molecule has 0 spiro atoms. The van der Waals surface area contributed by atoms with Crippen molar-refractivity contribution >= 4 is 0 Å². The van der Waals surface area contributed by atoms with Crippen LogP contribution in [-0.4, -0.2) is 4.98 Å². The fraction of sp³-hybridized carbons (Fsp3) is 0.0833. The van der Waals surface area contributed by atoms with Crippen LogP contribution in [-0.2, 0) is 0 Å². The molecule has 82 valence electrons. The Morgan fingerprint density at radius 3 is 2.12 bits per heavy atom. The van der Waals surface area contributed by atoms with Crippen LogP contribution >= 0.6 is 0 Å². The number of rotatable bonds is 1. The summed E-state index contributed by atoms with van der Waals surface area (Å²) in [4.78, 5) is 3.36. The van der Waals surface area contributed by atoms with Crippen molar-refractivity contribution in [3.8, 4) is 11.1 Å². The van der Waals surface area contributed by atoms with Crippen molar-refractivity contribution < 1.29 is 13.2 Å². The van der Waals surface area contributed by atoms with E-state index >= 15 is 0 Å². The second-order valence-electron chi connectivity index (χ2n) is 3.47. The summed E-state index contributed by atoms with van der Waals surface area (Å²) in [6, 6.07) is 4.80. The van der Waals surface area contributed by atoms with E-state index in [9.17, 15) is 13.2 Å². The molecule has 0 N–H and O–H groups in total. The van der Waals surface area contributed by atoms with Gasteiger partial charge in [-0.15, -0.1) is 0 Å². The first-order chi connectivity index (χ1) is 7.58. The van der Waals surface area contributed by atoms with Crippen molar-refractivity contribution in [1.29, 1.82) is 0 Å². The highest BCUT2D eigenvalue weighted by Crippen LogP contribution is 2.26. The minimum absolute atomic E-state index is 0.182. The highest BCUT2D eigenvalue weighted by atomic mass is 19.1. The number of aromatic nitrogens is 1. The average molecular weight is 223 g/mol. The van der Waals surface area contributed by atoms with Gasteiger partial charge in [-0.3, -0.25) is 0 Å². The van der Waals surface area contributed by atoms with Gasteiger partial charge in [0.15, 0.2) is 0 Å². The molecule has 1 heterocycles. The SMILES string of the molecule is Cc1cc(F)c(-c2ccc(F)nc2)c(F)c1. The van der Waals surface area contributed by atoms with Crippen molar-refractivity contribution in [3.63, 3.8) is 0 Å². The molecule has 1 nitrogen and oxygen atoms in total. The van der Waals surface area contributed by atoms with Gasteiger partial charge in [0.05, 0.1) is 5.56 Å². The quantitative estimate of drug-likeness (QED) is 0.674. The number of benzene rings is 1. The number of hydrogen-bond donors (Lipinski definition) is 0. The second kappa shape index (κ2) is 3.96. The van der Waals surface area contributed by atoms with Gasteiger partial charge < -0.3 is 0 Å². The van der Waals surface area contributed by atoms with Crippen molar-refractivity contribution in [1.82, 2.24) is 4.98 Å². The zero-order valence-electron chi connectivity index (χ0n) is 8.47. The average Bonchev–Trinajstić information content (AvgIpc) is 2.19. The summed E-state index contributed by atoms with van der Waals surface area (Å²) in [7, 11) is 0. The van der Waals surface area contributed by atoms with E-state index in [1.165, 1.54) is 18.2 Å². The Morgan fingerprint density at radius 2 is 1.62 bits per heavy atom. The normalized spacial score (nSPS) is 10.5. The molecule has 2 rings (SSSR count). The van der Waals surface area contributed by atoms with Crippen LogP contribution in [0.4, 0.5) is 13.2 Å². The molecule has 4 heteroatoms. The van der Waals surface area contributed by atoms with Gasteiger partial charge in [-0.25, -0.2) is 13.8 Å². The van der Waals surface area contributed by atoms with Gasteiger partial charge in [-0.05, 0) is 36.8 Å². The fourth-order valence-electron chi connectivity index (χ4n) is 1.50. The lowest BCUT2D eigenvalue weighted by Crippen LogP contribution is -1.93. The van der Waals surface area contributed by atoms with Crippen LogP contribution in [0, 0.1) is 24.5 Å². The molecule has 1 aromatic carbocycles. The lowest BCUT2D eigenvalue weighted by atomic mass is 10.0. The lowest BCUT2D eigenvalue weighted by molar-refractivity contribution is 0.579. The molecule has 0 saturated heterocycles. The van der Waals surface area contributed by atoms with Crippen LogP contribution < -0.4 is 0 Å². The molecule has 0 aliphatic heterocycles. The first kappa shape index (κ1) is 10.7. The van der Waals surface area contributed by atoms with E-state index in [1.807, 2.05) is 0 Å². The van der Waals surface area contributed by atoms with Crippen molar-refractivity contribution in [2.75, 3.05) is 0 Å². The largest absolute Gasteiger partial charge is 0.228 e. The maximum absolute atomic E-state index is 13.5. The third kappa shape index (κ3) is 1.91. The lowest BCUT2D eigenvalue weighted by Gasteiger charge is -2.05. The van der Waals surface area contributed by atoms with Crippen LogP contribution in [0.15, 0.2) is 30.5 Å². The van der Waals surface area contributed by atoms with Gasteiger partial charge in [-0.1, -0.05) is 0 Å². The van der Waals surface area contributed by atoms with Gasteiger partial charge in [0.2, 0.25) is 5.95 Å². The van der Waals surface area contributed by atoms with E-state index in [4.69, 9.17) is 0 Å². The summed E-state index contributed by atoms with van der Waals surface area (Å²) >= 11 is 0. The maximum atomic E-state index is 13.5. The molecule has 1 aromatic heterocycles. The molecule has 0 aliphatic carbocycles. The van der Waals surface area contributed by atoms with E-state index in [-0.39, 0.29) is 11.1 Å². The third-order valence-corrected chi connectivity index (χ3v) is 2.20. The Balaban J connectivity index is 2.60. The molecule has 16 heavy (non-hydrogen) atoms. The minimum atomic E-state index is -0.684. The van der Waals surface area contributed by atoms with E-state index in [0.29, 0.717) is 5.56 Å². The minimum Gasteiger partial charge on any atom is -0.228 e. The number of hydrogen-bond acceptors (Lipinski definition) is 1. The van der Waals surface area contributed by atoms with Crippen LogP contribution in [0.5, 0.6) is 0 Å². The number of nitrogens with zero attached hydrogens (tertiary/aromatic N) is 1. The fourth-order valence-corrected chi connectivity index (χ4v) is 1.50. The number of pyridine rings is 1. The molecule has 0 bridgehead atoms. The topological polar surface area (TPSA) is 12.9 Å². The van der Waals surface area contributed by atoms with Crippen LogP contribution in [0.3, 0.4) is 0 Å². The predicted molar refractivity (Wildman–Crippen MR) is 54.3 cm³/mol. The van der Waals surface area contributed by atoms with Crippen molar-refractivity contribution in [2.24, 2.45) is 0 Å². The summed E-state index contributed by atoms with van der Waals surface area (Å²) in [6.45, 7) is 1.60. The monoisotopic (exact) mass is 223 g/mol. The standard InChI is InChI=1S/C12H8F3N/c1-7-4-9(13)12(10(14)5-7)8-2-3-11(15)16-6-8/h2-6H,1H3. The summed E-state index contributed by atoms with van der Waals surface area (Å²) < 4.78 is 39.6. The molecule has 2 aromatic rings. The summed E-state index contributed by atoms with van der Waals surface area (Å²) in [6.07, 6.45) is 1.10.